The Labute approximate surface area is 282 Å². The van der Waals surface area contributed by atoms with Gasteiger partial charge < -0.3 is 19.4 Å². The molecule has 5 saturated heterocycles. The van der Waals surface area contributed by atoms with Gasteiger partial charge in [-0.25, -0.2) is 9.40 Å². The van der Waals surface area contributed by atoms with Gasteiger partial charge in [-0.2, -0.15) is 5.26 Å². The van der Waals surface area contributed by atoms with Crippen molar-refractivity contribution < 1.29 is 13.9 Å². The van der Waals surface area contributed by atoms with Crippen LogP contribution < -0.4 is 21.4 Å². The Balaban J connectivity index is 1.04. The molecule has 0 spiro atoms. The van der Waals surface area contributed by atoms with E-state index in [1.54, 1.807) is 4.90 Å². The van der Waals surface area contributed by atoms with Crippen LogP contribution in [-0.2, 0) is 9.53 Å². The summed E-state index contributed by atoms with van der Waals surface area (Å²) in [6.45, 7) is 9.76. The lowest BCUT2D eigenvalue weighted by Gasteiger charge is -2.50. The number of nitriles is 1. The zero-order valence-electron chi connectivity index (χ0n) is 28.9. The maximum absolute atomic E-state index is 16.7. The molecule has 5 heterocycles. The highest BCUT2D eigenvalue weighted by Crippen LogP contribution is 2.31. The predicted octanol–water partition coefficient (Wildman–Crippen LogP) is 0.733. The number of halogens is 1. The van der Waals surface area contributed by atoms with Crippen molar-refractivity contribution in [2.24, 2.45) is 11.8 Å². The van der Waals surface area contributed by atoms with Gasteiger partial charge in [0.15, 0.2) is 6.17 Å². The van der Waals surface area contributed by atoms with Gasteiger partial charge in [-0.15, -0.1) is 0 Å². The molecule has 6 fully saturated rings. The van der Waals surface area contributed by atoms with E-state index >= 15 is 4.39 Å². The number of rotatable bonds is 11. The number of piperazine rings is 1. The normalized spacial score (nSPS) is 37.9. The fraction of sp³-hybridized carbons (Fsp3) is 0.941. The van der Waals surface area contributed by atoms with Crippen molar-refractivity contribution in [3.05, 3.63) is 0 Å². The van der Waals surface area contributed by atoms with E-state index in [1.807, 2.05) is 6.07 Å². The number of alkyl halides is 1. The molecule has 47 heavy (non-hydrogen) atoms. The smallest absolute Gasteiger partial charge is 0.236 e. The van der Waals surface area contributed by atoms with Crippen LogP contribution in [0.4, 0.5) is 4.39 Å². The van der Waals surface area contributed by atoms with Crippen LogP contribution in [0.2, 0.25) is 0 Å². The van der Waals surface area contributed by atoms with E-state index in [9.17, 15) is 4.79 Å². The summed E-state index contributed by atoms with van der Waals surface area (Å²) < 4.78 is 22.8. The summed E-state index contributed by atoms with van der Waals surface area (Å²) in [5, 5.41) is 22.5. The zero-order valence-corrected chi connectivity index (χ0v) is 28.9. The predicted molar refractivity (Wildman–Crippen MR) is 180 cm³/mol. The fourth-order valence-electron chi connectivity index (χ4n) is 9.03. The topological polar surface area (TPSA) is 114 Å². The lowest BCUT2D eigenvalue weighted by atomic mass is 9.87. The number of hydrazine groups is 1. The summed E-state index contributed by atoms with van der Waals surface area (Å²) in [4.78, 5) is 21.4. The van der Waals surface area contributed by atoms with Gasteiger partial charge in [0.25, 0.3) is 0 Å². The van der Waals surface area contributed by atoms with Crippen molar-refractivity contribution in [2.45, 2.75) is 107 Å². The van der Waals surface area contributed by atoms with Crippen LogP contribution in [0.25, 0.3) is 0 Å². The highest BCUT2D eigenvalue weighted by atomic mass is 19.1. The second-order valence-electron chi connectivity index (χ2n) is 15.3. The molecule has 13 heteroatoms. The molecule has 266 valence electrons. The average Bonchev–Trinajstić information content (AvgIpc) is 3.51. The minimum Gasteiger partial charge on any atom is -0.377 e. The van der Waals surface area contributed by atoms with Crippen molar-refractivity contribution in [3.8, 4) is 6.07 Å². The van der Waals surface area contributed by atoms with Crippen molar-refractivity contribution in [2.75, 3.05) is 86.1 Å². The minimum atomic E-state index is -1.14. The standard InChI is InChI=1S/C34H61FN10O2/c1-41(2)20-21-47-27-10-8-25(9-11-27)23-42-16-18-43(19-17-42)34-31(35)33(38-26-6-5-14-44(24-26)30(46)12-13-36)39-32(40-34)28-22-37-45-15-4-3-7-29(28)45/h25-29,31-34,37-40H,3-12,14-24H2,1-2H3/t25?,26-,27?,28?,29?,31?,32?,33?,34?/m1/s1. The molecule has 0 aromatic carbocycles. The molecule has 1 aliphatic carbocycles. The number of fused-ring (bicyclic) bond motifs is 1. The van der Waals surface area contributed by atoms with E-state index in [0.29, 0.717) is 31.2 Å². The van der Waals surface area contributed by atoms with Gasteiger partial charge in [-0.1, -0.05) is 6.42 Å². The number of hydrogen-bond acceptors (Lipinski definition) is 11. The number of piperidine rings is 2. The molecule has 1 amide bonds. The zero-order chi connectivity index (χ0) is 32.8. The van der Waals surface area contributed by atoms with Crippen LogP contribution in [0.5, 0.6) is 0 Å². The number of ether oxygens (including phenoxy) is 1. The van der Waals surface area contributed by atoms with Crippen LogP contribution in [0.15, 0.2) is 0 Å². The minimum absolute atomic E-state index is 0.000234. The monoisotopic (exact) mass is 660 g/mol. The van der Waals surface area contributed by atoms with Gasteiger partial charge in [0, 0.05) is 83.4 Å². The molecule has 6 unspecified atom stereocenters. The largest absolute Gasteiger partial charge is 0.377 e. The third kappa shape index (κ3) is 9.21. The molecule has 4 N–H and O–H groups in total. The Morgan fingerprint density at radius 3 is 2.57 bits per heavy atom. The molecule has 0 radical (unpaired) electrons. The number of carbonyl (C=O) groups excluding carboxylic acids is 1. The highest BCUT2D eigenvalue weighted by molar-refractivity contribution is 5.78. The van der Waals surface area contributed by atoms with E-state index in [2.05, 4.69) is 55.2 Å². The fourth-order valence-corrected chi connectivity index (χ4v) is 9.03. The first-order valence-electron chi connectivity index (χ1n) is 18.7. The van der Waals surface area contributed by atoms with Crippen LogP contribution in [0.3, 0.4) is 0 Å². The van der Waals surface area contributed by atoms with Crippen LogP contribution in [-0.4, -0.2) is 160 Å². The van der Waals surface area contributed by atoms with E-state index in [4.69, 9.17) is 10.00 Å². The highest BCUT2D eigenvalue weighted by Gasteiger charge is 2.48. The number of carbonyl (C=O) groups is 1. The number of likely N-dealkylation sites (N-methyl/N-ethyl adjacent to an activating group) is 1. The van der Waals surface area contributed by atoms with E-state index in [0.717, 1.165) is 90.6 Å². The Kier molecular flexibility index (Phi) is 12.8. The Morgan fingerprint density at radius 2 is 1.81 bits per heavy atom. The lowest BCUT2D eigenvalue weighted by Crippen LogP contribution is -2.76. The van der Waals surface area contributed by atoms with E-state index < -0.39 is 12.3 Å². The third-order valence-corrected chi connectivity index (χ3v) is 11.8. The Bertz CT molecular complexity index is 1030. The van der Waals surface area contributed by atoms with Crippen LogP contribution in [0, 0.1) is 23.2 Å². The van der Waals surface area contributed by atoms with Gasteiger partial charge in [-0.05, 0) is 71.4 Å². The first-order chi connectivity index (χ1) is 22.9. The quantitative estimate of drug-likeness (QED) is 0.252. The van der Waals surface area contributed by atoms with Crippen LogP contribution >= 0.6 is 0 Å². The van der Waals surface area contributed by atoms with Crippen LogP contribution in [0.1, 0.15) is 64.2 Å². The molecule has 6 rings (SSSR count). The van der Waals surface area contributed by atoms with Crippen molar-refractivity contribution >= 4 is 5.91 Å². The number of nitrogens with one attached hydrogen (secondary N) is 4. The van der Waals surface area contributed by atoms with Gasteiger partial charge in [0.05, 0.1) is 37.3 Å². The molecule has 12 nitrogen and oxygen atoms in total. The van der Waals surface area contributed by atoms with Gasteiger partial charge in [0.1, 0.15) is 6.42 Å². The number of amides is 1. The average molecular weight is 661 g/mol. The number of nitrogens with zero attached hydrogens (tertiary/aromatic N) is 6. The first kappa shape index (κ1) is 35.4. The molecule has 0 bridgehead atoms. The number of hydrogen-bond donors (Lipinski definition) is 4. The molecular weight excluding hydrogens is 599 g/mol. The molecule has 6 aliphatic rings. The summed E-state index contributed by atoms with van der Waals surface area (Å²) in [7, 11) is 4.18. The van der Waals surface area contributed by atoms with Gasteiger partial charge >= 0.3 is 0 Å². The molecule has 0 aromatic rings. The van der Waals surface area contributed by atoms with Crippen molar-refractivity contribution in [1.82, 2.24) is 46.0 Å². The maximum atomic E-state index is 16.7. The first-order valence-corrected chi connectivity index (χ1v) is 18.7. The summed E-state index contributed by atoms with van der Waals surface area (Å²) in [6, 6.07) is 2.44. The molecule has 0 aromatic heterocycles. The van der Waals surface area contributed by atoms with E-state index in [1.165, 1.54) is 32.1 Å². The van der Waals surface area contributed by atoms with Gasteiger partial charge in [0.2, 0.25) is 5.91 Å². The van der Waals surface area contributed by atoms with E-state index in [-0.39, 0.29) is 30.7 Å². The molecule has 7 atom stereocenters. The second kappa shape index (κ2) is 17.0. The summed E-state index contributed by atoms with van der Waals surface area (Å²) in [5.41, 5.74) is 3.64. The third-order valence-electron chi connectivity index (χ3n) is 11.8. The van der Waals surface area contributed by atoms with Gasteiger partial charge in [-0.3, -0.25) is 31.1 Å². The van der Waals surface area contributed by atoms with Crippen molar-refractivity contribution in [3.63, 3.8) is 0 Å². The number of likely N-dealkylation sites (tertiary alicyclic amines) is 1. The lowest BCUT2D eigenvalue weighted by molar-refractivity contribution is -0.131. The second-order valence-corrected chi connectivity index (χ2v) is 15.3. The summed E-state index contributed by atoms with van der Waals surface area (Å²) in [5.74, 6) is 0.943. The maximum Gasteiger partial charge on any atom is 0.236 e. The molecular formula is C34H61FN10O2. The summed E-state index contributed by atoms with van der Waals surface area (Å²) in [6.07, 6.45) is 8.47. The van der Waals surface area contributed by atoms with Crippen molar-refractivity contribution in [1.29, 1.82) is 5.26 Å². The summed E-state index contributed by atoms with van der Waals surface area (Å²) >= 11 is 0. The Hall–Kier alpha value is -1.47. The molecule has 5 aliphatic heterocycles. The SMILES string of the molecule is CN(C)CCOC1CCC(CN2CCN(C3NC(C4CNN5CCCCC45)NC(N[C@@H]4CCCN(C(=O)CC#N)C4)C3F)CC2)CC1. The molecule has 1 saturated carbocycles. The Morgan fingerprint density at radius 1 is 1.00 bits per heavy atom.